The smallest absolute Gasteiger partial charge is 0.199 e. The van der Waals surface area contributed by atoms with Crippen molar-refractivity contribution < 1.29 is 13.9 Å². The standard InChI is InChI=1S/C22H24O4/c1-5-15-19(24)18-16(23)13-17(14-11-9-8-10-12-14)26-21(18)22(6-2,7-3)20(15)25-4/h8-13H,5-7H2,1-4H3. The molecule has 1 aromatic carbocycles. The summed E-state index contributed by atoms with van der Waals surface area (Å²) in [6.45, 7) is 5.97. The topological polar surface area (TPSA) is 56.5 Å². The second kappa shape index (κ2) is 6.94. The summed E-state index contributed by atoms with van der Waals surface area (Å²) < 4.78 is 11.9. The van der Waals surface area contributed by atoms with Gasteiger partial charge in [0.25, 0.3) is 0 Å². The number of ketones is 1. The average molecular weight is 352 g/mol. The molecule has 0 saturated heterocycles. The van der Waals surface area contributed by atoms with Gasteiger partial charge in [-0.1, -0.05) is 51.1 Å². The largest absolute Gasteiger partial charge is 0.500 e. The minimum absolute atomic E-state index is 0.158. The van der Waals surface area contributed by atoms with Gasteiger partial charge >= 0.3 is 0 Å². The molecule has 0 atom stereocenters. The molecule has 4 nitrogen and oxygen atoms in total. The Hall–Kier alpha value is -2.62. The van der Waals surface area contributed by atoms with Crippen molar-refractivity contribution in [2.75, 3.05) is 7.11 Å². The Morgan fingerprint density at radius 3 is 2.23 bits per heavy atom. The molecule has 0 amide bonds. The lowest BCUT2D eigenvalue weighted by Crippen LogP contribution is -2.39. The molecule has 136 valence electrons. The van der Waals surface area contributed by atoms with Crippen LogP contribution in [-0.2, 0) is 10.2 Å². The molecular formula is C22H24O4. The van der Waals surface area contributed by atoms with Crippen molar-refractivity contribution >= 4 is 5.78 Å². The van der Waals surface area contributed by atoms with Crippen LogP contribution in [0.15, 0.2) is 56.9 Å². The van der Waals surface area contributed by atoms with Crippen LogP contribution in [0.3, 0.4) is 0 Å². The highest BCUT2D eigenvalue weighted by Crippen LogP contribution is 2.47. The van der Waals surface area contributed by atoms with E-state index in [-0.39, 0.29) is 16.8 Å². The van der Waals surface area contributed by atoms with Crippen LogP contribution in [0.25, 0.3) is 11.3 Å². The SMILES string of the molecule is CCC1=C(OC)C(CC)(CC)c2oc(-c3ccccc3)cc(=O)c2C1=O. The van der Waals surface area contributed by atoms with E-state index in [0.29, 0.717) is 42.1 Å². The number of hydrogen-bond donors (Lipinski definition) is 0. The zero-order valence-electron chi connectivity index (χ0n) is 15.7. The van der Waals surface area contributed by atoms with Gasteiger partial charge in [-0.05, 0) is 19.3 Å². The second-order valence-electron chi connectivity index (χ2n) is 6.53. The van der Waals surface area contributed by atoms with Crippen LogP contribution in [-0.4, -0.2) is 12.9 Å². The number of ether oxygens (including phenoxy) is 1. The fraction of sp³-hybridized carbons (Fsp3) is 0.364. The van der Waals surface area contributed by atoms with Crippen LogP contribution in [0.4, 0.5) is 0 Å². The fourth-order valence-electron chi connectivity index (χ4n) is 3.97. The summed E-state index contributed by atoms with van der Waals surface area (Å²) in [5, 5.41) is 0. The van der Waals surface area contributed by atoms with Crippen LogP contribution in [0.1, 0.15) is 56.2 Å². The molecule has 2 aromatic rings. The molecular weight excluding hydrogens is 328 g/mol. The zero-order valence-corrected chi connectivity index (χ0v) is 15.7. The summed E-state index contributed by atoms with van der Waals surface area (Å²) in [6, 6.07) is 10.9. The first kappa shape index (κ1) is 18.2. The number of Topliss-reactive ketones (excluding diaryl/α,β-unsaturated/α-hetero) is 1. The lowest BCUT2D eigenvalue weighted by molar-refractivity contribution is 0.0975. The molecule has 26 heavy (non-hydrogen) atoms. The van der Waals surface area contributed by atoms with E-state index in [1.807, 2.05) is 51.1 Å². The first-order valence-electron chi connectivity index (χ1n) is 9.10. The Labute approximate surface area is 153 Å². The monoisotopic (exact) mass is 352 g/mol. The highest BCUT2D eigenvalue weighted by molar-refractivity contribution is 6.11. The Balaban J connectivity index is 2.37. The van der Waals surface area contributed by atoms with Crippen molar-refractivity contribution in [2.24, 2.45) is 0 Å². The number of carbonyl (C=O) groups excluding carboxylic acids is 1. The number of fused-ring (bicyclic) bond motifs is 1. The summed E-state index contributed by atoms with van der Waals surface area (Å²) in [7, 11) is 1.59. The fourth-order valence-corrected chi connectivity index (χ4v) is 3.97. The molecule has 0 aliphatic heterocycles. The number of methoxy groups -OCH3 is 1. The van der Waals surface area contributed by atoms with Crippen LogP contribution >= 0.6 is 0 Å². The van der Waals surface area contributed by atoms with Gasteiger partial charge in [-0.15, -0.1) is 0 Å². The number of benzene rings is 1. The average Bonchev–Trinajstić information content (AvgIpc) is 2.68. The summed E-state index contributed by atoms with van der Waals surface area (Å²) in [5.74, 6) is 1.28. The van der Waals surface area contributed by atoms with Gasteiger partial charge < -0.3 is 9.15 Å². The third-order valence-corrected chi connectivity index (χ3v) is 5.42. The molecule has 0 spiro atoms. The Bertz CT molecular complexity index is 915. The third-order valence-electron chi connectivity index (χ3n) is 5.42. The molecule has 0 unspecified atom stereocenters. The summed E-state index contributed by atoms with van der Waals surface area (Å²) in [5.41, 5.74) is 0.648. The first-order chi connectivity index (χ1) is 12.5. The van der Waals surface area contributed by atoms with E-state index in [4.69, 9.17) is 9.15 Å². The lowest BCUT2D eigenvalue weighted by atomic mass is 9.69. The number of hydrogen-bond acceptors (Lipinski definition) is 4. The van der Waals surface area contributed by atoms with E-state index in [1.54, 1.807) is 7.11 Å². The molecule has 3 rings (SSSR count). The predicted molar refractivity (Wildman–Crippen MR) is 101 cm³/mol. The van der Waals surface area contributed by atoms with E-state index in [1.165, 1.54) is 6.07 Å². The molecule has 1 heterocycles. The van der Waals surface area contributed by atoms with Crippen molar-refractivity contribution in [3.63, 3.8) is 0 Å². The molecule has 0 fully saturated rings. The van der Waals surface area contributed by atoms with Crippen molar-refractivity contribution in [3.8, 4) is 11.3 Å². The summed E-state index contributed by atoms with van der Waals surface area (Å²) in [4.78, 5) is 25.9. The Kier molecular flexibility index (Phi) is 4.86. The maximum Gasteiger partial charge on any atom is 0.199 e. The quantitative estimate of drug-likeness (QED) is 0.770. The lowest BCUT2D eigenvalue weighted by Gasteiger charge is -2.37. The molecule has 0 radical (unpaired) electrons. The molecule has 0 N–H and O–H groups in total. The minimum Gasteiger partial charge on any atom is -0.500 e. The highest BCUT2D eigenvalue weighted by Gasteiger charge is 2.47. The zero-order chi connectivity index (χ0) is 18.9. The van der Waals surface area contributed by atoms with Crippen molar-refractivity contribution in [2.45, 2.75) is 45.4 Å². The second-order valence-corrected chi connectivity index (χ2v) is 6.53. The first-order valence-corrected chi connectivity index (χ1v) is 9.10. The van der Waals surface area contributed by atoms with Crippen molar-refractivity contribution in [1.29, 1.82) is 0 Å². The maximum atomic E-state index is 13.0. The van der Waals surface area contributed by atoms with E-state index in [0.717, 1.165) is 5.56 Å². The number of allylic oxidation sites excluding steroid dienone is 2. The molecule has 1 aromatic heterocycles. The van der Waals surface area contributed by atoms with Gasteiger partial charge in [-0.2, -0.15) is 0 Å². The third kappa shape index (κ3) is 2.52. The van der Waals surface area contributed by atoms with E-state index < -0.39 is 5.41 Å². The summed E-state index contributed by atoms with van der Waals surface area (Å²) in [6.07, 6.45) is 1.87. The van der Waals surface area contributed by atoms with E-state index in [9.17, 15) is 9.59 Å². The van der Waals surface area contributed by atoms with Crippen LogP contribution < -0.4 is 5.43 Å². The number of rotatable bonds is 5. The Morgan fingerprint density at radius 1 is 1.04 bits per heavy atom. The van der Waals surface area contributed by atoms with E-state index >= 15 is 0 Å². The van der Waals surface area contributed by atoms with Gasteiger partial charge in [-0.25, -0.2) is 0 Å². The predicted octanol–water partition coefficient (Wildman–Crippen LogP) is 4.87. The molecule has 0 saturated carbocycles. The van der Waals surface area contributed by atoms with Crippen LogP contribution in [0, 0.1) is 0 Å². The van der Waals surface area contributed by atoms with Gasteiger partial charge in [-0.3, -0.25) is 9.59 Å². The minimum atomic E-state index is -0.604. The van der Waals surface area contributed by atoms with Gasteiger partial charge in [0.2, 0.25) is 0 Å². The van der Waals surface area contributed by atoms with Gasteiger partial charge in [0.05, 0.1) is 12.5 Å². The van der Waals surface area contributed by atoms with E-state index in [2.05, 4.69) is 0 Å². The normalized spacial score (nSPS) is 15.8. The van der Waals surface area contributed by atoms with Crippen LogP contribution in [0.2, 0.25) is 0 Å². The van der Waals surface area contributed by atoms with Crippen LogP contribution in [0.5, 0.6) is 0 Å². The van der Waals surface area contributed by atoms with Crippen molar-refractivity contribution in [1.82, 2.24) is 0 Å². The molecule has 4 heteroatoms. The highest BCUT2D eigenvalue weighted by atomic mass is 16.5. The molecule has 1 aliphatic rings. The summed E-state index contributed by atoms with van der Waals surface area (Å²) >= 11 is 0. The van der Waals surface area contributed by atoms with Gasteiger partial charge in [0, 0.05) is 17.2 Å². The van der Waals surface area contributed by atoms with Gasteiger partial charge in [0.15, 0.2) is 11.2 Å². The molecule has 1 aliphatic carbocycles. The molecule has 0 bridgehead atoms. The maximum absolute atomic E-state index is 13.0. The number of carbonyl (C=O) groups is 1. The Morgan fingerprint density at radius 2 is 1.69 bits per heavy atom. The van der Waals surface area contributed by atoms with Crippen molar-refractivity contribution in [3.05, 3.63) is 69.3 Å². The van der Waals surface area contributed by atoms with Gasteiger partial charge in [0.1, 0.15) is 22.8 Å².